The minimum atomic E-state index is -0.963. The first kappa shape index (κ1) is 20.6. The molecule has 7 nitrogen and oxygen atoms in total. The Balaban J connectivity index is 1.73. The number of carboxylic acids is 1. The Labute approximate surface area is 170 Å². The van der Waals surface area contributed by atoms with Crippen molar-refractivity contribution in [3.63, 3.8) is 0 Å². The van der Waals surface area contributed by atoms with Gasteiger partial charge >= 0.3 is 12.0 Å². The molecule has 0 spiro atoms. The van der Waals surface area contributed by atoms with E-state index in [1.165, 1.54) is 4.90 Å². The smallest absolute Gasteiger partial charge is 0.319 e. The lowest BCUT2D eigenvalue weighted by Gasteiger charge is -2.33. The molecule has 1 atom stereocenters. The highest BCUT2D eigenvalue weighted by molar-refractivity contribution is 5.88. The maximum absolute atomic E-state index is 12.9. The number of carbonyl (C=O) groups excluding carboxylic acids is 2. The summed E-state index contributed by atoms with van der Waals surface area (Å²) in [7, 11) is 3.42. The lowest BCUT2D eigenvalue weighted by molar-refractivity contribution is -0.138. The van der Waals surface area contributed by atoms with Crippen LogP contribution in [0.4, 0.5) is 4.79 Å². The molecule has 1 aliphatic heterocycles. The molecule has 0 aliphatic carbocycles. The fraction of sp³-hybridized carbons (Fsp3) is 0.409. The summed E-state index contributed by atoms with van der Waals surface area (Å²) in [6.07, 6.45) is 0.958. The predicted molar refractivity (Wildman–Crippen MR) is 110 cm³/mol. The highest BCUT2D eigenvalue weighted by Crippen LogP contribution is 2.28. The van der Waals surface area contributed by atoms with Gasteiger partial charge < -0.3 is 20.2 Å². The third kappa shape index (κ3) is 4.85. The summed E-state index contributed by atoms with van der Waals surface area (Å²) in [5.41, 5.74) is 0.805. The van der Waals surface area contributed by atoms with Crippen LogP contribution >= 0.6 is 0 Å². The first-order chi connectivity index (χ1) is 13.9. The number of urea groups is 1. The largest absolute Gasteiger partial charge is 0.481 e. The Morgan fingerprint density at radius 3 is 2.41 bits per heavy atom. The molecule has 154 valence electrons. The van der Waals surface area contributed by atoms with E-state index in [0.29, 0.717) is 25.9 Å². The van der Waals surface area contributed by atoms with E-state index in [-0.39, 0.29) is 24.3 Å². The molecule has 0 radical (unpaired) electrons. The number of fused-ring (bicyclic) bond motifs is 1. The zero-order chi connectivity index (χ0) is 21.0. The molecule has 2 aromatic rings. The molecular formula is C22H27N3O4. The van der Waals surface area contributed by atoms with Crippen LogP contribution in [0, 0.1) is 5.92 Å². The zero-order valence-corrected chi connectivity index (χ0v) is 16.8. The van der Waals surface area contributed by atoms with E-state index < -0.39 is 12.0 Å². The first-order valence-electron chi connectivity index (χ1n) is 9.83. The third-order valence-electron chi connectivity index (χ3n) is 5.41. The second-order valence-electron chi connectivity index (χ2n) is 7.67. The molecule has 3 rings (SSSR count). The molecule has 0 unspecified atom stereocenters. The predicted octanol–water partition coefficient (Wildman–Crippen LogP) is 2.87. The first-order valence-corrected chi connectivity index (χ1v) is 9.83. The van der Waals surface area contributed by atoms with Crippen molar-refractivity contribution in [2.24, 2.45) is 5.92 Å². The summed E-state index contributed by atoms with van der Waals surface area (Å²) >= 11 is 0. The number of benzene rings is 2. The lowest BCUT2D eigenvalue weighted by Crippen LogP contribution is -2.46. The Bertz CT molecular complexity index is 899. The average molecular weight is 397 g/mol. The van der Waals surface area contributed by atoms with Gasteiger partial charge in [-0.25, -0.2) is 4.79 Å². The van der Waals surface area contributed by atoms with Crippen molar-refractivity contribution in [2.75, 3.05) is 27.2 Å². The second-order valence-corrected chi connectivity index (χ2v) is 7.67. The molecule has 2 aromatic carbocycles. The summed E-state index contributed by atoms with van der Waals surface area (Å²) in [5, 5.41) is 14.3. The van der Waals surface area contributed by atoms with Crippen molar-refractivity contribution >= 4 is 28.7 Å². The maximum Gasteiger partial charge on any atom is 0.319 e. The molecule has 1 saturated heterocycles. The van der Waals surface area contributed by atoms with Gasteiger partial charge in [-0.1, -0.05) is 42.5 Å². The zero-order valence-electron chi connectivity index (χ0n) is 16.8. The average Bonchev–Trinajstić information content (AvgIpc) is 2.72. The van der Waals surface area contributed by atoms with Gasteiger partial charge in [0, 0.05) is 33.1 Å². The van der Waals surface area contributed by atoms with Crippen LogP contribution in [0.2, 0.25) is 0 Å². The van der Waals surface area contributed by atoms with Gasteiger partial charge in [0.1, 0.15) is 0 Å². The highest BCUT2D eigenvalue weighted by Gasteiger charge is 2.30. The number of likely N-dealkylation sites (tertiary alicyclic amines) is 1. The number of nitrogens with one attached hydrogen (secondary N) is 1. The van der Waals surface area contributed by atoms with Crippen LogP contribution in [0.15, 0.2) is 42.5 Å². The van der Waals surface area contributed by atoms with E-state index in [0.717, 1.165) is 16.3 Å². The van der Waals surface area contributed by atoms with Gasteiger partial charge in [0.05, 0.1) is 12.5 Å². The molecule has 29 heavy (non-hydrogen) atoms. The van der Waals surface area contributed by atoms with E-state index in [2.05, 4.69) is 5.32 Å². The second kappa shape index (κ2) is 8.94. The summed E-state index contributed by atoms with van der Waals surface area (Å²) in [6.45, 7) is 1.04. The maximum atomic E-state index is 12.9. The number of piperidine rings is 1. The number of aliphatic carboxylic acids is 1. The molecule has 2 N–H and O–H groups in total. The highest BCUT2D eigenvalue weighted by atomic mass is 16.4. The van der Waals surface area contributed by atoms with Gasteiger partial charge in [0.15, 0.2) is 0 Å². The Kier molecular flexibility index (Phi) is 6.36. The van der Waals surface area contributed by atoms with E-state index in [9.17, 15) is 19.5 Å². The molecule has 0 bridgehead atoms. The van der Waals surface area contributed by atoms with Crippen LogP contribution < -0.4 is 5.32 Å². The van der Waals surface area contributed by atoms with E-state index in [1.807, 2.05) is 42.5 Å². The van der Waals surface area contributed by atoms with E-state index in [1.54, 1.807) is 19.0 Å². The number of nitrogens with zero attached hydrogens (tertiary/aromatic N) is 2. The normalized spacial score (nSPS) is 15.7. The van der Waals surface area contributed by atoms with Crippen LogP contribution in [0.25, 0.3) is 10.8 Å². The minimum absolute atomic E-state index is 0.0524. The van der Waals surface area contributed by atoms with Crippen molar-refractivity contribution in [3.05, 3.63) is 48.0 Å². The van der Waals surface area contributed by atoms with Crippen molar-refractivity contribution in [2.45, 2.75) is 25.3 Å². The summed E-state index contributed by atoms with van der Waals surface area (Å²) in [5.74, 6) is -1.34. The molecule has 1 aliphatic rings. The van der Waals surface area contributed by atoms with Gasteiger partial charge in [-0.15, -0.1) is 0 Å². The van der Waals surface area contributed by atoms with Crippen LogP contribution in [0.3, 0.4) is 0 Å². The van der Waals surface area contributed by atoms with Crippen molar-refractivity contribution in [1.29, 1.82) is 0 Å². The SMILES string of the molecule is CN(C)C(=O)N1CCC(C(=O)N[C@H](CC(=O)O)c2cccc3ccccc23)CC1. The monoisotopic (exact) mass is 397 g/mol. The van der Waals surface area contributed by atoms with E-state index >= 15 is 0 Å². The van der Waals surface area contributed by atoms with Gasteiger partial charge in [-0.2, -0.15) is 0 Å². The minimum Gasteiger partial charge on any atom is -0.481 e. The van der Waals surface area contributed by atoms with Crippen molar-refractivity contribution in [1.82, 2.24) is 15.1 Å². The van der Waals surface area contributed by atoms with Gasteiger partial charge in [0.25, 0.3) is 0 Å². The molecule has 0 saturated carbocycles. The lowest BCUT2D eigenvalue weighted by atomic mass is 9.93. The van der Waals surface area contributed by atoms with Gasteiger partial charge in [-0.05, 0) is 29.2 Å². The number of carbonyl (C=O) groups is 3. The topological polar surface area (TPSA) is 90.0 Å². The summed E-state index contributed by atoms with van der Waals surface area (Å²) in [6, 6.07) is 12.8. The van der Waals surface area contributed by atoms with Crippen molar-refractivity contribution in [3.8, 4) is 0 Å². The molecule has 7 heteroatoms. The quantitative estimate of drug-likeness (QED) is 0.812. The van der Waals surface area contributed by atoms with Gasteiger partial charge in [0.2, 0.25) is 5.91 Å². The third-order valence-corrected chi connectivity index (χ3v) is 5.41. The molecule has 1 heterocycles. The summed E-state index contributed by atoms with van der Waals surface area (Å²) < 4.78 is 0. The van der Waals surface area contributed by atoms with E-state index in [4.69, 9.17) is 0 Å². The number of rotatable bonds is 5. The van der Waals surface area contributed by atoms with Crippen LogP contribution in [0.5, 0.6) is 0 Å². The summed E-state index contributed by atoms with van der Waals surface area (Å²) in [4.78, 5) is 39.7. The Morgan fingerprint density at radius 2 is 1.76 bits per heavy atom. The molecule has 3 amide bonds. The standard InChI is InChI=1S/C22H27N3O4/c1-24(2)22(29)25-12-10-16(11-13-25)21(28)23-19(14-20(26)27)18-9-5-7-15-6-3-4-8-17(15)18/h3-9,16,19H,10-14H2,1-2H3,(H,23,28)(H,26,27)/t19-/m1/s1. The van der Waals surface area contributed by atoms with Crippen LogP contribution in [0.1, 0.15) is 30.9 Å². The number of carboxylic acid groups (broad SMARTS) is 1. The number of hydrogen-bond acceptors (Lipinski definition) is 3. The van der Waals surface area contributed by atoms with Gasteiger partial charge in [-0.3, -0.25) is 9.59 Å². The number of amides is 3. The molecular weight excluding hydrogens is 370 g/mol. The molecule has 1 fully saturated rings. The Hall–Kier alpha value is -3.09. The number of hydrogen-bond donors (Lipinski definition) is 2. The van der Waals surface area contributed by atoms with Crippen LogP contribution in [-0.4, -0.2) is 60.0 Å². The van der Waals surface area contributed by atoms with Crippen LogP contribution in [-0.2, 0) is 9.59 Å². The fourth-order valence-corrected chi connectivity index (χ4v) is 3.87. The molecule has 0 aromatic heterocycles. The Morgan fingerprint density at radius 1 is 1.10 bits per heavy atom. The van der Waals surface area contributed by atoms with Crippen molar-refractivity contribution < 1.29 is 19.5 Å². The fourth-order valence-electron chi connectivity index (χ4n) is 3.87.